The highest BCUT2D eigenvalue weighted by Gasteiger charge is 2.43. The van der Waals surface area contributed by atoms with Gasteiger partial charge < -0.3 is 25.3 Å². The van der Waals surface area contributed by atoms with Gasteiger partial charge >= 0.3 is 12.0 Å². The van der Waals surface area contributed by atoms with Gasteiger partial charge in [-0.15, -0.1) is 0 Å². The molecule has 0 saturated carbocycles. The van der Waals surface area contributed by atoms with Crippen LogP contribution in [0.2, 0.25) is 0 Å². The van der Waals surface area contributed by atoms with Gasteiger partial charge in [0.2, 0.25) is 5.91 Å². The number of piperazine rings is 1. The van der Waals surface area contributed by atoms with Crippen molar-refractivity contribution in [2.45, 2.75) is 38.0 Å². The molecule has 8 nitrogen and oxygen atoms in total. The number of carbonyl (C=O) groups excluding carboxylic acids is 2. The second kappa shape index (κ2) is 5.66. The molecule has 0 spiro atoms. The van der Waals surface area contributed by atoms with Gasteiger partial charge in [-0.1, -0.05) is 6.92 Å². The largest absolute Gasteiger partial charge is 0.480 e. The molecule has 0 aromatic carbocycles. The van der Waals surface area contributed by atoms with E-state index in [1.807, 2.05) is 0 Å². The maximum Gasteiger partial charge on any atom is 0.326 e. The Morgan fingerprint density at radius 1 is 1.40 bits per heavy atom. The number of likely N-dealkylation sites (tertiary alicyclic amines) is 1. The standard InChI is InChI=1S/C12H19N3O5/c1-2-8-10(17)13-3-4-14(8)12(20)15-6-7(16)5-9(15)11(18)19/h7-9,16H,2-6H2,1H3,(H,13,17)(H,18,19)/t7-,8?,9+/m1/s1. The molecule has 2 aliphatic rings. The van der Waals surface area contributed by atoms with Crippen LogP contribution in [0.5, 0.6) is 0 Å². The number of hydrogen-bond donors (Lipinski definition) is 3. The van der Waals surface area contributed by atoms with Crippen molar-refractivity contribution in [2.75, 3.05) is 19.6 Å². The second-order valence-electron chi connectivity index (χ2n) is 5.09. The number of nitrogens with one attached hydrogen (secondary N) is 1. The van der Waals surface area contributed by atoms with Crippen molar-refractivity contribution >= 4 is 17.9 Å². The van der Waals surface area contributed by atoms with Crippen molar-refractivity contribution < 1.29 is 24.6 Å². The van der Waals surface area contributed by atoms with Gasteiger partial charge in [-0.25, -0.2) is 9.59 Å². The summed E-state index contributed by atoms with van der Waals surface area (Å²) in [6.07, 6.45) is -0.345. The van der Waals surface area contributed by atoms with Gasteiger partial charge in [0.05, 0.1) is 6.10 Å². The number of aliphatic carboxylic acids is 1. The number of β-amino-alcohol motifs (C(OH)–C–C–N with tert-alkyl or cyclic N) is 1. The molecule has 8 heteroatoms. The normalized spacial score (nSPS) is 30.3. The average Bonchev–Trinajstić information content (AvgIpc) is 2.80. The fourth-order valence-electron chi connectivity index (χ4n) is 2.77. The average molecular weight is 285 g/mol. The number of aliphatic hydroxyl groups excluding tert-OH is 1. The first kappa shape index (κ1) is 14.6. The second-order valence-corrected chi connectivity index (χ2v) is 5.09. The minimum atomic E-state index is -1.13. The molecule has 20 heavy (non-hydrogen) atoms. The Morgan fingerprint density at radius 2 is 2.10 bits per heavy atom. The first-order chi connectivity index (χ1) is 9.45. The van der Waals surface area contributed by atoms with E-state index in [0.717, 1.165) is 4.90 Å². The zero-order chi connectivity index (χ0) is 14.9. The molecule has 3 atom stereocenters. The molecule has 3 N–H and O–H groups in total. The number of aliphatic hydroxyl groups is 1. The zero-order valence-corrected chi connectivity index (χ0v) is 11.3. The van der Waals surface area contributed by atoms with E-state index >= 15 is 0 Å². The molecule has 1 unspecified atom stereocenters. The van der Waals surface area contributed by atoms with E-state index in [2.05, 4.69) is 5.32 Å². The predicted molar refractivity (Wildman–Crippen MR) is 67.9 cm³/mol. The summed E-state index contributed by atoms with van der Waals surface area (Å²) in [5.74, 6) is -1.36. The smallest absolute Gasteiger partial charge is 0.326 e. The van der Waals surface area contributed by atoms with Crippen LogP contribution in [0.3, 0.4) is 0 Å². The fraction of sp³-hybridized carbons (Fsp3) is 0.750. The Labute approximate surface area is 116 Å². The minimum Gasteiger partial charge on any atom is -0.480 e. The zero-order valence-electron chi connectivity index (χ0n) is 11.3. The summed E-state index contributed by atoms with van der Waals surface area (Å²) in [5, 5.41) is 21.4. The van der Waals surface area contributed by atoms with Gasteiger partial charge in [0.1, 0.15) is 12.1 Å². The van der Waals surface area contributed by atoms with E-state index in [1.54, 1.807) is 6.92 Å². The van der Waals surface area contributed by atoms with Crippen molar-refractivity contribution in [3.05, 3.63) is 0 Å². The topological polar surface area (TPSA) is 110 Å². The first-order valence-corrected chi connectivity index (χ1v) is 6.71. The van der Waals surface area contributed by atoms with Crippen molar-refractivity contribution in [3.8, 4) is 0 Å². The van der Waals surface area contributed by atoms with Crippen LogP contribution in [0.4, 0.5) is 4.79 Å². The third-order valence-corrected chi connectivity index (χ3v) is 3.77. The van der Waals surface area contributed by atoms with Gasteiger partial charge in [-0.05, 0) is 6.42 Å². The first-order valence-electron chi connectivity index (χ1n) is 6.71. The highest BCUT2D eigenvalue weighted by Crippen LogP contribution is 2.22. The third kappa shape index (κ3) is 2.55. The quantitative estimate of drug-likeness (QED) is 0.592. The minimum absolute atomic E-state index is 0.00957. The lowest BCUT2D eigenvalue weighted by Crippen LogP contribution is -2.60. The van der Waals surface area contributed by atoms with Crippen molar-refractivity contribution in [2.24, 2.45) is 0 Å². The van der Waals surface area contributed by atoms with Gasteiger partial charge in [0.15, 0.2) is 0 Å². The Bertz CT molecular complexity index is 421. The van der Waals surface area contributed by atoms with E-state index in [9.17, 15) is 19.5 Å². The van der Waals surface area contributed by atoms with Gasteiger partial charge in [-0.2, -0.15) is 0 Å². The number of urea groups is 1. The van der Waals surface area contributed by atoms with Crippen LogP contribution < -0.4 is 5.32 Å². The number of carboxylic acids is 1. The Hall–Kier alpha value is -1.83. The van der Waals surface area contributed by atoms with Crippen molar-refractivity contribution in [1.82, 2.24) is 15.1 Å². The predicted octanol–water partition coefficient (Wildman–Crippen LogP) is -1.16. The summed E-state index contributed by atoms with van der Waals surface area (Å²) in [4.78, 5) is 37.9. The summed E-state index contributed by atoms with van der Waals surface area (Å²) < 4.78 is 0. The van der Waals surface area contributed by atoms with Crippen molar-refractivity contribution in [3.63, 3.8) is 0 Å². The molecule has 3 amide bonds. The van der Waals surface area contributed by atoms with E-state index < -0.39 is 30.2 Å². The molecule has 0 bridgehead atoms. The lowest BCUT2D eigenvalue weighted by Gasteiger charge is -2.37. The monoisotopic (exact) mass is 285 g/mol. The third-order valence-electron chi connectivity index (χ3n) is 3.77. The van der Waals surface area contributed by atoms with Gasteiger partial charge in [-0.3, -0.25) is 4.79 Å². The van der Waals surface area contributed by atoms with Crippen LogP contribution in [0, 0.1) is 0 Å². The molecule has 2 rings (SSSR count). The van der Waals surface area contributed by atoms with Gasteiger partial charge in [0.25, 0.3) is 0 Å². The van der Waals surface area contributed by atoms with Crippen LogP contribution >= 0.6 is 0 Å². The van der Waals surface area contributed by atoms with E-state index in [0.29, 0.717) is 19.5 Å². The van der Waals surface area contributed by atoms with Crippen LogP contribution in [0.25, 0.3) is 0 Å². The maximum absolute atomic E-state index is 12.5. The molecule has 2 saturated heterocycles. The summed E-state index contributed by atoms with van der Waals surface area (Å²) in [5.41, 5.74) is 0. The molecular formula is C12H19N3O5. The molecule has 0 aromatic heterocycles. The summed E-state index contributed by atoms with van der Waals surface area (Å²) in [6, 6.07) is -2.10. The lowest BCUT2D eigenvalue weighted by molar-refractivity contribution is -0.141. The molecule has 2 fully saturated rings. The van der Waals surface area contributed by atoms with Crippen LogP contribution in [0.1, 0.15) is 19.8 Å². The van der Waals surface area contributed by atoms with Crippen LogP contribution in [-0.4, -0.2) is 75.7 Å². The number of hydrogen-bond acceptors (Lipinski definition) is 4. The van der Waals surface area contributed by atoms with Gasteiger partial charge in [0, 0.05) is 26.1 Å². The summed E-state index contributed by atoms with van der Waals surface area (Å²) >= 11 is 0. The van der Waals surface area contributed by atoms with E-state index in [4.69, 9.17) is 5.11 Å². The number of carbonyl (C=O) groups is 3. The molecule has 2 aliphatic heterocycles. The number of carboxylic acid groups (broad SMARTS) is 1. The lowest BCUT2D eigenvalue weighted by atomic mass is 10.1. The van der Waals surface area contributed by atoms with E-state index in [1.165, 1.54) is 4.90 Å². The SMILES string of the molecule is CCC1C(=O)NCCN1C(=O)N1C[C@H](O)C[C@H]1C(=O)O. The highest BCUT2D eigenvalue weighted by atomic mass is 16.4. The maximum atomic E-state index is 12.5. The molecule has 2 heterocycles. The Kier molecular flexibility index (Phi) is 4.12. The molecule has 0 aromatic rings. The highest BCUT2D eigenvalue weighted by molar-refractivity contribution is 5.90. The summed E-state index contributed by atoms with van der Waals surface area (Å²) in [6.45, 7) is 2.49. The molecule has 0 radical (unpaired) electrons. The Balaban J connectivity index is 2.16. The number of nitrogens with zero attached hydrogens (tertiary/aromatic N) is 2. The van der Waals surface area contributed by atoms with Crippen molar-refractivity contribution in [1.29, 1.82) is 0 Å². The number of amides is 3. The Morgan fingerprint density at radius 3 is 2.70 bits per heavy atom. The molecule has 0 aliphatic carbocycles. The molecular weight excluding hydrogens is 266 g/mol. The van der Waals surface area contributed by atoms with Crippen LogP contribution in [0.15, 0.2) is 0 Å². The van der Waals surface area contributed by atoms with Crippen LogP contribution in [-0.2, 0) is 9.59 Å². The fourth-order valence-corrected chi connectivity index (χ4v) is 2.77. The summed E-state index contributed by atoms with van der Waals surface area (Å²) in [7, 11) is 0. The molecule has 112 valence electrons. The van der Waals surface area contributed by atoms with E-state index in [-0.39, 0.29) is 18.9 Å². The number of rotatable bonds is 2.